The van der Waals surface area contributed by atoms with Crippen LogP contribution in [-0.4, -0.2) is 25.5 Å². The number of hydrogen-bond acceptors (Lipinski definition) is 3. The maximum Gasteiger partial charge on any atom is 0.161 e. The SMILES string of the molecule is Brc1ccc(C=NCC2COc3ccccc3O2)cc1. The summed E-state index contributed by atoms with van der Waals surface area (Å²) in [5.74, 6) is 1.60. The molecule has 1 aliphatic heterocycles. The molecule has 2 aromatic rings. The van der Waals surface area contributed by atoms with Gasteiger partial charge in [-0.25, -0.2) is 0 Å². The molecule has 0 amide bonds. The van der Waals surface area contributed by atoms with Gasteiger partial charge in [-0.2, -0.15) is 0 Å². The van der Waals surface area contributed by atoms with Gasteiger partial charge in [-0.05, 0) is 29.8 Å². The Kier molecular flexibility index (Phi) is 4.02. The summed E-state index contributed by atoms with van der Waals surface area (Å²) in [5, 5.41) is 0. The standard InChI is InChI=1S/C16H14BrNO2/c17-13-7-5-12(6-8-13)9-18-10-14-11-19-15-3-1-2-4-16(15)20-14/h1-9,14H,10-11H2. The maximum absolute atomic E-state index is 5.84. The van der Waals surface area contributed by atoms with Crippen LogP contribution in [0.4, 0.5) is 0 Å². The first-order chi connectivity index (χ1) is 9.81. The van der Waals surface area contributed by atoms with Crippen molar-refractivity contribution in [2.24, 2.45) is 4.99 Å². The van der Waals surface area contributed by atoms with Crippen LogP contribution in [-0.2, 0) is 0 Å². The Morgan fingerprint density at radius 1 is 1.10 bits per heavy atom. The van der Waals surface area contributed by atoms with Crippen LogP contribution >= 0.6 is 15.9 Å². The quantitative estimate of drug-likeness (QED) is 0.803. The smallest absolute Gasteiger partial charge is 0.161 e. The number of ether oxygens (including phenoxy) is 2. The second-order valence-corrected chi connectivity index (χ2v) is 5.46. The molecule has 0 fully saturated rings. The van der Waals surface area contributed by atoms with Gasteiger partial charge in [0.05, 0.1) is 6.54 Å². The summed E-state index contributed by atoms with van der Waals surface area (Å²) in [6, 6.07) is 15.7. The second kappa shape index (κ2) is 6.09. The zero-order chi connectivity index (χ0) is 13.8. The Hall–Kier alpha value is -1.81. The molecule has 1 heterocycles. The lowest BCUT2D eigenvalue weighted by atomic mass is 10.2. The summed E-state index contributed by atoms with van der Waals surface area (Å²) in [6.07, 6.45) is 1.83. The minimum atomic E-state index is -0.0309. The van der Waals surface area contributed by atoms with Crippen LogP contribution in [0.15, 0.2) is 58.0 Å². The highest BCUT2D eigenvalue weighted by Gasteiger charge is 2.19. The molecule has 0 N–H and O–H groups in total. The molecule has 1 unspecified atom stereocenters. The molecular weight excluding hydrogens is 318 g/mol. The number of aliphatic imine (C=N–C) groups is 1. The van der Waals surface area contributed by atoms with Gasteiger partial charge in [-0.3, -0.25) is 4.99 Å². The van der Waals surface area contributed by atoms with E-state index >= 15 is 0 Å². The van der Waals surface area contributed by atoms with Gasteiger partial charge >= 0.3 is 0 Å². The lowest BCUT2D eigenvalue weighted by Crippen LogP contribution is -2.31. The van der Waals surface area contributed by atoms with Crippen molar-refractivity contribution < 1.29 is 9.47 Å². The molecule has 20 heavy (non-hydrogen) atoms. The third-order valence-electron chi connectivity index (χ3n) is 2.99. The van der Waals surface area contributed by atoms with Gasteiger partial charge in [0.15, 0.2) is 17.6 Å². The summed E-state index contributed by atoms with van der Waals surface area (Å²) in [4.78, 5) is 4.42. The van der Waals surface area contributed by atoms with Crippen LogP contribution in [0.1, 0.15) is 5.56 Å². The van der Waals surface area contributed by atoms with Gasteiger partial charge in [0, 0.05) is 10.7 Å². The molecule has 3 rings (SSSR count). The van der Waals surface area contributed by atoms with E-state index in [1.165, 1.54) is 0 Å². The molecule has 2 aromatic carbocycles. The molecule has 3 nitrogen and oxygen atoms in total. The van der Waals surface area contributed by atoms with Gasteiger partial charge in [-0.15, -0.1) is 0 Å². The highest BCUT2D eigenvalue weighted by atomic mass is 79.9. The van der Waals surface area contributed by atoms with E-state index in [0.29, 0.717) is 13.2 Å². The number of benzene rings is 2. The fourth-order valence-corrected chi connectivity index (χ4v) is 2.24. The van der Waals surface area contributed by atoms with E-state index in [0.717, 1.165) is 21.5 Å². The van der Waals surface area contributed by atoms with Crippen molar-refractivity contribution in [3.63, 3.8) is 0 Å². The van der Waals surface area contributed by atoms with E-state index in [2.05, 4.69) is 20.9 Å². The fourth-order valence-electron chi connectivity index (χ4n) is 1.98. The lowest BCUT2D eigenvalue weighted by molar-refractivity contribution is 0.0973. The Labute approximate surface area is 126 Å². The Bertz CT molecular complexity index is 610. The Balaban J connectivity index is 1.59. The Morgan fingerprint density at radius 3 is 2.65 bits per heavy atom. The van der Waals surface area contributed by atoms with E-state index < -0.39 is 0 Å². The Morgan fingerprint density at radius 2 is 1.85 bits per heavy atom. The summed E-state index contributed by atoms with van der Waals surface area (Å²) in [7, 11) is 0. The third kappa shape index (κ3) is 3.20. The van der Waals surface area contributed by atoms with Crippen molar-refractivity contribution in [2.45, 2.75) is 6.10 Å². The highest BCUT2D eigenvalue weighted by molar-refractivity contribution is 9.10. The van der Waals surface area contributed by atoms with Crippen molar-refractivity contribution in [3.05, 3.63) is 58.6 Å². The second-order valence-electron chi connectivity index (χ2n) is 4.54. The maximum atomic E-state index is 5.84. The summed E-state index contributed by atoms with van der Waals surface area (Å²) < 4.78 is 12.6. The molecule has 0 saturated carbocycles. The first kappa shape index (κ1) is 13.2. The van der Waals surface area contributed by atoms with Gasteiger partial charge in [0.25, 0.3) is 0 Å². The molecule has 0 radical (unpaired) electrons. The van der Waals surface area contributed by atoms with Crippen LogP contribution in [0.2, 0.25) is 0 Å². The molecule has 0 spiro atoms. The van der Waals surface area contributed by atoms with Crippen molar-refractivity contribution >= 4 is 22.1 Å². The van der Waals surface area contributed by atoms with E-state index in [9.17, 15) is 0 Å². The van der Waals surface area contributed by atoms with Crippen molar-refractivity contribution in [1.82, 2.24) is 0 Å². The molecule has 1 atom stereocenters. The van der Waals surface area contributed by atoms with E-state index in [4.69, 9.17) is 9.47 Å². The van der Waals surface area contributed by atoms with Crippen LogP contribution in [0, 0.1) is 0 Å². The molecule has 0 saturated heterocycles. The summed E-state index contributed by atoms with van der Waals surface area (Å²) >= 11 is 3.41. The minimum absolute atomic E-state index is 0.0309. The van der Waals surface area contributed by atoms with Crippen LogP contribution in [0.25, 0.3) is 0 Å². The van der Waals surface area contributed by atoms with E-state index in [1.54, 1.807) is 0 Å². The molecule has 4 heteroatoms. The predicted octanol–water partition coefficient (Wildman–Crippen LogP) is 3.71. The molecule has 1 aliphatic rings. The molecule has 102 valence electrons. The van der Waals surface area contributed by atoms with E-state index in [-0.39, 0.29) is 6.10 Å². The monoisotopic (exact) mass is 331 g/mol. The molecule has 0 aromatic heterocycles. The number of rotatable bonds is 3. The number of nitrogens with zero attached hydrogens (tertiary/aromatic N) is 1. The average Bonchev–Trinajstić information content (AvgIpc) is 2.49. The fraction of sp³-hybridized carbons (Fsp3) is 0.188. The number of fused-ring (bicyclic) bond motifs is 1. The normalized spacial score (nSPS) is 17.4. The average molecular weight is 332 g/mol. The molecule has 0 aliphatic carbocycles. The summed E-state index contributed by atoms with van der Waals surface area (Å²) in [6.45, 7) is 1.12. The highest BCUT2D eigenvalue weighted by Crippen LogP contribution is 2.30. The number of para-hydroxylation sites is 2. The van der Waals surface area contributed by atoms with E-state index in [1.807, 2.05) is 54.7 Å². The largest absolute Gasteiger partial charge is 0.486 e. The van der Waals surface area contributed by atoms with Gasteiger partial charge in [-0.1, -0.05) is 40.2 Å². The molecule has 0 bridgehead atoms. The van der Waals surface area contributed by atoms with Crippen molar-refractivity contribution in [1.29, 1.82) is 0 Å². The van der Waals surface area contributed by atoms with Gasteiger partial charge in [0.2, 0.25) is 0 Å². The number of halogens is 1. The first-order valence-corrected chi connectivity index (χ1v) is 7.24. The summed E-state index contributed by atoms with van der Waals surface area (Å²) in [5.41, 5.74) is 1.07. The van der Waals surface area contributed by atoms with Crippen LogP contribution < -0.4 is 9.47 Å². The van der Waals surface area contributed by atoms with Gasteiger partial charge in [0.1, 0.15) is 6.61 Å². The number of hydrogen-bond donors (Lipinski definition) is 0. The third-order valence-corrected chi connectivity index (χ3v) is 3.52. The van der Waals surface area contributed by atoms with Crippen LogP contribution in [0.5, 0.6) is 11.5 Å². The minimum Gasteiger partial charge on any atom is -0.486 e. The zero-order valence-electron chi connectivity index (χ0n) is 10.8. The van der Waals surface area contributed by atoms with Crippen molar-refractivity contribution in [2.75, 3.05) is 13.2 Å². The lowest BCUT2D eigenvalue weighted by Gasteiger charge is -2.25. The predicted molar refractivity (Wildman–Crippen MR) is 83.0 cm³/mol. The first-order valence-electron chi connectivity index (χ1n) is 6.45. The zero-order valence-corrected chi connectivity index (χ0v) is 12.4. The van der Waals surface area contributed by atoms with Crippen molar-refractivity contribution in [3.8, 4) is 11.5 Å². The van der Waals surface area contributed by atoms with Crippen LogP contribution in [0.3, 0.4) is 0 Å². The van der Waals surface area contributed by atoms with Gasteiger partial charge < -0.3 is 9.47 Å². The molecular formula is C16H14BrNO2. The topological polar surface area (TPSA) is 30.8 Å².